The molecular weight excluding hydrogens is 228 g/mol. The molecule has 0 radical (unpaired) electrons. The van der Waals surface area contributed by atoms with Crippen molar-refractivity contribution in [1.29, 1.82) is 0 Å². The maximum absolute atomic E-state index is 5.67. The Balaban J connectivity index is 1.95. The van der Waals surface area contributed by atoms with Crippen LogP contribution in [0.1, 0.15) is 12.8 Å². The summed E-state index contributed by atoms with van der Waals surface area (Å²) in [7, 11) is 0. The van der Waals surface area contributed by atoms with Crippen molar-refractivity contribution >= 4 is 23.3 Å². The second-order valence-electron chi connectivity index (χ2n) is 4.24. The SMILES string of the molecule is C1=c2nc(-c3nc4ccccc4o3)oc2=CCC1. The van der Waals surface area contributed by atoms with Gasteiger partial charge in [-0.2, -0.15) is 0 Å². The Kier molecular flexibility index (Phi) is 1.91. The maximum Gasteiger partial charge on any atom is 0.284 e. The van der Waals surface area contributed by atoms with Crippen LogP contribution in [-0.4, -0.2) is 9.97 Å². The van der Waals surface area contributed by atoms with Crippen molar-refractivity contribution in [2.75, 3.05) is 0 Å². The standard InChI is InChI=1S/C14H10N2O2/c1-3-7-11-9(5-1)15-13(17-11)14-16-10-6-2-4-8-12(10)18-14/h1,3,5-8H,2,4H2. The molecule has 0 saturated carbocycles. The van der Waals surface area contributed by atoms with Crippen LogP contribution in [0.15, 0.2) is 33.1 Å². The summed E-state index contributed by atoms with van der Waals surface area (Å²) < 4.78 is 11.3. The fourth-order valence-corrected chi connectivity index (χ4v) is 2.13. The Labute approximate surface area is 102 Å². The van der Waals surface area contributed by atoms with Gasteiger partial charge in [0, 0.05) is 0 Å². The van der Waals surface area contributed by atoms with Crippen molar-refractivity contribution in [3.8, 4) is 11.8 Å². The molecule has 0 bridgehead atoms. The van der Waals surface area contributed by atoms with Gasteiger partial charge in [-0.3, -0.25) is 0 Å². The topological polar surface area (TPSA) is 52.1 Å². The normalized spacial score (nSPS) is 14.0. The van der Waals surface area contributed by atoms with E-state index in [-0.39, 0.29) is 0 Å². The lowest BCUT2D eigenvalue weighted by Gasteiger charge is -1.88. The molecule has 3 aromatic rings. The largest absolute Gasteiger partial charge is 0.433 e. The van der Waals surface area contributed by atoms with Crippen LogP contribution in [0.5, 0.6) is 0 Å². The van der Waals surface area contributed by atoms with Crippen LogP contribution in [0.3, 0.4) is 0 Å². The van der Waals surface area contributed by atoms with E-state index in [9.17, 15) is 0 Å². The number of rotatable bonds is 1. The number of aromatic nitrogens is 2. The van der Waals surface area contributed by atoms with E-state index in [2.05, 4.69) is 22.1 Å². The van der Waals surface area contributed by atoms with Crippen molar-refractivity contribution in [3.05, 3.63) is 35.0 Å². The molecule has 4 rings (SSSR count). The van der Waals surface area contributed by atoms with Gasteiger partial charge < -0.3 is 8.83 Å². The average molecular weight is 238 g/mol. The van der Waals surface area contributed by atoms with Crippen LogP contribution in [0, 0.1) is 0 Å². The predicted molar refractivity (Wildman–Crippen MR) is 66.9 cm³/mol. The van der Waals surface area contributed by atoms with Crippen molar-refractivity contribution < 1.29 is 8.83 Å². The fourth-order valence-electron chi connectivity index (χ4n) is 2.13. The van der Waals surface area contributed by atoms with Crippen LogP contribution in [0.25, 0.3) is 35.0 Å². The first-order chi connectivity index (χ1) is 8.90. The third kappa shape index (κ3) is 1.39. The summed E-state index contributed by atoms with van der Waals surface area (Å²) in [4.78, 5) is 8.78. The minimum Gasteiger partial charge on any atom is -0.433 e. The van der Waals surface area contributed by atoms with E-state index in [0.29, 0.717) is 11.8 Å². The molecule has 2 aromatic heterocycles. The summed E-state index contributed by atoms with van der Waals surface area (Å²) in [5, 5.41) is 0.888. The molecule has 4 nitrogen and oxygen atoms in total. The minimum atomic E-state index is 0.437. The molecule has 4 heteroatoms. The first kappa shape index (κ1) is 9.65. The Morgan fingerprint density at radius 3 is 2.61 bits per heavy atom. The molecule has 0 fully saturated rings. The lowest BCUT2D eigenvalue weighted by atomic mass is 10.2. The van der Waals surface area contributed by atoms with E-state index < -0.39 is 0 Å². The predicted octanol–water partition coefficient (Wildman–Crippen LogP) is 1.84. The average Bonchev–Trinajstić information content (AvgIpc) is 3.02. The molecule has 1 aliphatic carbocycles. The molecule has 1 aromatic carbocycles. The van der Waals surface area contributed by atoms with Gasteiger partial charge in [-0.05, 0) is 31.1 Å². The van der Waals surface area contributed by atoms with Gasteiger partial charge in [0.1, 0.15) is 10.9 Å². The molecule has 0 amide bonds. The molecule has 0 spiro atoms. The number of nitrogens with zero attached hydrogens (tertiary/aromatic N) is 2. The third-order valence-electron chi connectivity index (χ3n) is 2.99. The van der Waals surface area contributed by atoms with E-state index in [1.165, 1.54) is 0 Å². The Morgan fingerprint density at radius 1 is 0.889 bits per heavy atom. The molecule has 0 atom stereocenters. The molecule has 18 heavy (non-hydrogen) atoms. The minimum absolute atomic E-state index is 0.437. The van der Waals surface area contributed by atoms with E-state index >= 15 is 0 Å². The molecule has 0 unspecified atom stereocenters. The second-order valence-corrected chi connectivity index (χ2v) is 4.24. The van der Waals surface area contributed by atoms with Gasteiger partial charge in [0.25, 0.3) is 11.8 Å². The summed E-state index contributed by atoms with van der Waals surface area (Å²) in [5.41, 5.74) is 2.38. The van der Waals surface area contributed by atoms with Crippen LogP contribution < -0.4 is 10.8 Å². The van der Waals surface area contributed by atoms with Gasteiger partial charge >= 0.3 is 0 Å². The summed E-state index contributed by atoms with van der Waals surface area (Å²) in [6.45, 7) is 0. The van der Waals surface area contributed by atoms with E-state index in [4.69, 9.17) is 8.83 Å². The van der Waals surface area contributed by atoms with Gasteiger partial charge in [-0.25, -0.2) is 9.97 Å². The summed E-state index contributed by atoms with van der Waals surface area (Å²) in [5.74, 6) is 0.887. The highest BCUT2D eigenvalue weighted by Crippen LogP contribution is 2.21. The van der Waals surface area contributed by atoms with Gasteiger partial charge in [-0.15, -0.1) is 0 Å². The van der Waals surface area contributed by atoms with Crippen LogP contribution >= 0.6 is 0 Å². The highest BCUT2D eigenvalue weighted by atomic mass is 16.4. The quantitative estimate of drug-likeness (QED) is 0.649. The lowest BCUT2D eigenvalue weighted by Crippen LogP contribution is -2.23. The van der Waals surface area contributed by atoms with Gasteiger partial charge in [-0.1, -0.05) is 18.2 Å². The highest BCUT2D eigenvalue weighted by Gasteiger charge is 2.13. The Bertz CT molecular complexity index is 776. The first-order valence-corrected chi connectivity index (χ1v) is 5.93. The maximum atomic E-state index is 5.67. The Morgan fingerprint density at radius 2 is 1.72 bits per heavy atom. The zero-order chi connectivity index (χ0) is 11.9. The summed E-state index contributed by atoms with van der Waals surface area (Å²) >= 11 is 0. The second kappa shape index (κ2) is 3.57. The van der Waals surface area contributed by atoms with E-state index in [1.807, 2.05) is 24.3 Å². The molecule has 1 aliphatic rings. The van der Waals surface area contributed by atoms with Crippen LogP contribution in [-0.2, 0) is 0 Å². The molecule has 2 heterocycles. The van der Waals surface area contributed by atoms with E-state index in [0.717, 1.165) is 34.7 Å². The zero-order valence-corrected chi connectivity index (χ0v) is 9.59. The number of hydrogen-bond acceptors (Lipinski definition) is 4. The molecule has 88 valence electrons. The number of para-hydroxylation sites is 2. The van der Waals surface area contributed by atoms with Gasteiger partial charge in [0.05, 0.1) is 0 Å². The lowest BCUT2D eigenvalue weighted by molar-refractivity contribution is 0.503. The van der Waals surface area contributed by atoms with Crippen molar-refractivity contribution in [3.63, 3.8) is 0 Å². The van der Waals surface area contributed by atoms with E-state index in [1.54, 1.807) is 0 Å². The van der Waals surface area contributed by atoms with Crippen LogP contribution in [0.2, 0.25) is 0 Å². The van der Waals surface area contributed by atoms with Gasteiger partial charge in [0.15, 0.2) is 11.0 Å². The number of benzene rings is 1. The highest BCUT2D eigenvalue weighted by molar-refractivity contribution is 5.74. The van der Waals surface area contributed by atoms with Crippen LogP contribution in [0.4, 0.5) is 0 Å². The monoisotopic (exact) mass is 238 g/mol. The zero-order valence-electron chi connectivity index (χ0n) is 9.59. The summed E-state index contributed by atoms with van der Waals surface area (Å²) in [6.07, 6.45) is 6.13. The first-order valence-electron chi connectivity index (χ1n) is 5.93. The molecule has 0 N–H and O–H groups in total. The van der Waals surface area contributed by atoms with Crippen molar-refractivity contribution in [2.24, 2.45) is 0 Å². The number of oxazole rings is 2. The third-order valence-corrected chi connectivity index (χ3v) is 2.99. The number of hydrogen-bond donors (Lipinski definition) is 0. The smallest absolute Gasteiger partial charge is 0.284 e. The van der Waals surface area contributed by atoms with Crippen molar-refractivity contribution in [2.45, 2.75) is 12.8 Å². The van der Waals surface area contributed by atoms with Gasteiger partial charge in [0.2, 0.25) is 0 Å². The molecule has 0 saturated heterocycles. The molecule has 0 aliphatic heterocycles. The van der Waals surface area contributed by atoms with Crippen molar-refractivity contribution in [1.82, 2.24) is 9.97 Å². The number of fused-ring (bicyclic) bond motifs is 2. The molecular formula is C14H10N2O2. The fraction of sp³-hybridized carbons (Fsp3) is 0.143. The summed E-state index contributed by atoms with van der Waals surface area (Å²) in [6, 6.07) is 7.63. The Hall–Kier alpha value is -2.36.